The lowest BCUT2D eigenvalue weighted by Gasteiger charge is -2.02. The highest BCUT2D eigenvalue weighted by Gasteiger charge is 2.03. The monoisotopic (exact) mass is 222 g/mol. The normalized spacial score (nSPS) is 10.9. The molecule has 0 saturated carbocycles. The van der Waals surface area contributed by atoms with E-state index in [0.717, 1.165) is 12.4 Å². The van der Waals surface area contributed by atoms with Crippen LogP contribution in [-0.2, 0) is 26.7 Å². The van der Waals surface area contributed by atoms with Crippen molar-refractivity contribution in [1.29, 1.82) is 0 Å². The average Bonchev–Trinajstić information content (AvgIpc) is 2.87. The third kappa shape index (κ3) is 2.40. The Morgan fingerprint density at radius 2 is 2.19 bits per heavy atom. The molecule has 0 atom stereocenters. The second kappa shape index (κ2) is 4.79. The van der Waals surface area contributed by atoms with E-state index < -0.39 is 0 Å². The minimum absolute atomic E-state index is 0.574. The molecule has 0 radical (unpaired) electrons. The molecule has 8 heteroatoms. The number of rotatable bonds is 5. The lowest BCUT2D eigenvalue weighted by atomic mass is 10.5. The van der Waals surface area contributed by atoms with Gasteiger partial charge in [-0.3, -0.25) is 0 Å². The van der Waals surface area contributed by atoms with E-state index in [4.69, 9.17) is 0 Å². The summed E-state index contributed by atoms with van der Waals surface area (Å²) in [7, 11) is 1.74. The molecular formula is C8H14N8. The fourth-order valence-corrected chi connectivity index (χ4v) is 1.36. The highest BCUT2D eigenvalue weighted by atomic mass is 15.6. The molecule has 0 aliphatic heterocycles. The summed E-state index contributed by atoms with van der Waals surface area (Å²) < 4.78 is 1.98. The summed E-state index contributed by atoms with van der Waals surface area (Å²) in [4.78, 5) is 1.44. The van der Waals surface area contributed by atoms with Crippen LogP contribution in [0.1, 0.15) is 18.6 Å². The first kappa shape index (κ1) is 10.7. The Kier molecular flexibility index (Phi) is 3.20. The SMILES string of the molecule is CCn1cnnc1CNCc1nnn(C)n1. The number of hydrogen-bond acceptors (Lipinski definition) is 6. The summed E-state index contributed by atoms with van der Waals surface area (Å²) in [6, 6.07) is 0. The van der Waals surface area contributed by atoms with Crippen LogP contribution in [0.4, 0.5) is 0 Å². The molecule has 16 heavy (non-hydrogen) atoms. The van der Waals surface area contributed by atoms with Crippen molar-refractivity contribution in [3.63, 3.8) is 0 Å². The molecule has 2 heterocycles. The molecule has 2 aromatic rings. The van der Waals surface area contributed by atoms with E-state index in [1.54, 1.807) is 13.4 Å². The van der Waals surface area contributed by atoms with Gasteiger partial charge in [0, 0.05) is 6.54 Å². The van der Waals surface area contributed by atoms with Crippen LogP contribution in [0.2, 0.25) is 0 Å². The van der Waals surface area contributed by atoms with Gasteiger partial charge in [0.05, 0.1) is 20.1 Å². The average molecular weight is 222 g/mol. The molecule has 8 nitrogen and oxygen atoms in total. The van der Waals surface area contributed by atoms with E-state index in [-0.39, 0.29) is 0 Å². The van der Waals surface area contributed by atoms with Gasteiger partial charge in [0.2, 0.25) is 0 Å². The van der Waals surface area contributed by atoms with Crippen molar-refractivity contribution >= 4 is 0 Å². The Labute approximate surface area is 92.7 Å². The second-order valence-electron chi connectivity index (χ2n) is 3.33. The van der Waals surface area contributed by atoms with Gasteiger partial charge in [-0.05, 0) is 12.1 Å². The molecule has 0 bridgehead atoms. The number of aryl methyl sites for hydroxylation is 2. The fourth-order valence-electron chi connectivity index (χ4n) is 1.36. The van der Waals surface area contributed by atoms with Crippen LogP contribution < -0.4 is 5.32 Å². The Balaban J connectivity index is 1.84. The summed E-state index contributed by atoms with van der Waals surface area (Å²) in [6.07, 6.45) is 1.72. The molecule has 0 amide bonds. The minimum Gasteiger partial charge on any atom is -0.317 e. The maximum absolute atomic E-state index is 4.06. The van der Waals surface area contributed by atoms with Crippen molar-refractivity contribution in [3.8, 4) is 0 Å². The van der Waals surface area contributed by atoms with Gasteiger partial charge in [-0.1, -0.05) is 0 Å². The van der Waals surface area contributed by atoms with Gasteiger partial charge in [-0.15, -0.1) is 20.4 Å². The minimum atomic E-state index is 0.574. The van der Waals surface area contributed by atoms with E-state index in [0.29, 0.717) is 18.9 Å². The predicted molar refractivity (Wildman–Crippen MR) is 55.0 cm³/mol. The third-order valence-corrected chi connectivity index (χ3v) is 2.15. The van der Waals surface area contributed by atoms with Crippen LogP contribution in [0.15, 0.2) is 6.33 Å². The summed E-state index contributed by atoms with van der Waals surface area (Å²) in [5, 5.41) is 22.7. The lowest BCUT2D eigenvalue weighted by Crippen LogP contribution is -2.17. The van der Waals surface area contributed by atoms with Crippen molar-refractivity contribution in [1.82, 2.24) is 40.3 Å². The summed E-state index contributed by atoms with van der Waals surface area (Å²) in [5.41, 5.74) is 0. The molecule has 0 unspecified atom stereocenters. The molecule has 0 aliphatic carbocycles. The number of hydrogen-bond donors (Lipinski definition) is 1. The zero-order valence-electron chi connectivity index (χ0n) is 9.33. The second-order valence-corrected chi connectivity index (χ2v) is 3.33. The highest BCUT2D eigenvalue weighted by molar-refractivity contribution is 4.85. The number of nitrogens with one attached hydrogen (secondary N) is 1. The maximum Gasteiger partial charge on any atom is 0.188 e. The zero-order valence-corrected chi connectivity index (χ0v) is 9.33. The van der Waals surface area contributed by atoms with Crippen molar-refractivity contribution < 1.29 is 0 Å². The van der Waals surface area contributed by atoms with Gasteiger partial charge < -0.3 is 9.88 Å². The molecule has 0 spiro atoms. The van der Waals surface area contributed by atoms with Crippen molar-refractivity contribution in [2.75, 3.05) is 0 Å². The van der Waals surface area contributed by atoms with Crippen molar-refractivity contribution in [2.45, 2.75) is 26.6 Å². The number of aromatic nitrogens is 7. The molecule has 0 saturated heterocycles. The lowest BCUT2D eigenvalue weighted by molar-refractivity contribution is 0.592. The maximum atomic E-state index is 4.06. The quantitative estimate of drug-likeness (QED) is 0.706. The van der Waals surface area contributed by atoms with Crippen LogP contribution >= 0.6 is 0 Å². The Bertz CT molecular complexity index is 444. The van der Waals surface area contributed by atoms with E-state index in [9.17, 15) is 0 Å². The van der Waals surface area contributed by atoms with E-state index in [1.165, 1.54) is 4.80 Å². The summed E-state index contributed by atoms with van der Waals surface area (Å²) >= 11 is 0. The van der Waals surface area contributed by atoms with Gasteiger partial charge in [0.15, 0.2) is 5.82 Å². The predicted octanol–water partition coefficient (Wildman–Crippen LogP) is -0.889. The van der Waals surface area contributed by atoms with E-state index >= 15 is 0 Å². The summed E-state index contributed by atoms with van der Waals surface area (Å²) in [5.74, 6) is 1.58. The first-order valence-corrected chi connectivity index (χ1v) is 5.10. The molecular weight excluding hydrogens is 208 g/mol. The Hall–Kier alpha value is -1.83. The molecule has 0 aliphatic rings. The topological polar surface area (TPSA) is 86.3 Å². The van der Waals surface area contributed by atoms with Gasteiger partial charge in [0.1, 0.15) is 12.2 Å². The fraction of sp³-hybridized carbons (Fsp3) is 0.625. The third-order valence-electron chi connectivity index (χ3n) is 2.15. The largest absolute Gasteiger partial charge is 0.317 e. The number of tetrazole rings is 1. The van der Waals surface area contributed by atoms with E-state index in [1.807, 2.05) is 4.57 Å². The van der Waals surface area contributed by atoms with Gasteiger partial charge in [0.25, 0.3) is 0 Å². The molecule has 0 aromatic carbocycles. The van der Waals surface area contributed by atoms with Crippen LogP contribution in [0, 0.1) is 0 Å². The van der Waals surface area contributed by atoms with Crippen LogP contribution in [-0.4, -0.2) is 35.0 Å². The van der Waals surface area contributed by atoms with Crippen LogP contribution in [0.5, 0.6) is 0 Å². The van der Waals surface area contributed by atoms with Crippen LogP contribution in [0.3, 0.4) is 0 Å². The highest BCUT2D eigenvalue weighted by Crippen LogP contribution is 1.94. The first-order valence-electron chi connectivity index (χ1n) is 5.10. The number of nitrogens with zero attached hydrogens (tertiary/aromatic N) is 7. The van der Waals surface area contributed by atoms with Gasteiger partial charge in [-0.2, -0.15) is 4.80 Å². The molecule has 0 fully saturated rings. The van der Waals surface area contributed by atoms with Gasteiger partial charge in [-0.25, -0.2) is 0 Å². The standard InChI is InChI=1S/C8H14N8/c1-3-16-6-10-12-8(16)5-9-4-7-11-14-15(2)13-7/h6,9H,3-5H2,1-2H3. The summed E-state index contributed by atoms with van der Waals surface area (Å²) in [6.45, 7) is 4.14. The van der Waals surface area contributed by atoms with Crippen LogP contribution in [0.25, 0.3) is 0 Å². The zero-order chi connectivity index (χ0) is 11.4. The Morgan fingerprint density at radius 3 is 2.88 bits per heavy atom. The molecule has 2 aromatic heterocycles. The van der Waals surface area contributed by atoms with Crippen molar-refractivity contribution in [3.05, 3.63) is 18.0 Å². The van der Waals surface area contributed by atoms with E-state index in [2.05, 4.69) is 37.8 Å². The molecule has 86 valence electrons. The Morgan fingerprint density at radius 1 is 1.31 bits per heavy atom. The van der Waals surface area contributed by atoms with Gasteiger partial charge >= 0.3 is 0 Å². The first-order chi connectivity index (χ1) is 7.79. The van der Waals surface area contributed by atoms with Crippen molar-refractivity contribution in [2.24, 2.45) is 7.05 Å². The smallest absolute Gasteiger partial charge is 0.188 e. The molecule has 2 rings (SSSR count). The molecule has 1 N–H and O–H groups in total.